The van der Waals surface area contributed by atoms with Crippen LogP contribution in [0.3, 0.4) is 0 Å². The minimum Gasteiger partial charge on any atom is -0.466 e. The molecule has 0 unspecified atom stereocenters. The molecule has 3 nitrogen and oxygen atoms in total. The van der Waals surface area contributed by atoms with Crippen LogP contribution >= 0.6 is 0 Å². The summed E-state index contributed by atoms with van der Waals surface area (Å²) in [6, 6.07) is 7.90. The van der Waals surface area contributed by atoms with Crippen molar-refractivity contribution >= 4 is 5.97 Å². The quantitative estimate of drug-likeness (QED) is 0.740. The molecule has 3 heteroatoms. The van der Waals surface area contributed by atoms with Crippen molar-refractivity contribution in [3.8, 4) is 0 Å². The first-order chi connectivity index (χ1) is 7.26. The van der Waals surface area contributed by atoms with Gasteiger partial charge in [-0.1, -0.05) is 24.3 Å². The van der Waals surface area contributed by atoms with Gasteiger partial charge in [0.1, 0.15) is 0 Å². The maximum Gasteiger partial charge on any atom is 0.310 e. The van der Waals surface area contributed by atoms with Crippen LogP contribution in [0.4, 0.5) is 0 Å². The van der Waals surface area contributed by atoms with Gasteiger partial charge in [-0.15, -0.1) is 0 Å². The second-order valence-electron chi connectivity index (χ2n) is 3.34. The molecule has 82 valence electrons. The van der Waals surface area contributed by atoms with E-state index in [1.165, 1.54) is 5.56 Å². The molecular formula is C12H17NO2. The Balaban J connectivity index is 2.52. The molecule has 0 saturated heterocycles. The monoisotopic (exact) mass is 207 g/mol. The number of benzene rings is 1. The van der Waals surface area contributed by atoms with Crippen LogP contribution in [0.1, 0.15) is 18.1 Å². The van der Waals surface area contributed by atoms with Crippen molar-refractivity contribution in [1.82, 2.24) is 0 Å². The van der Waals surface area contributed by atoms with Gasteiger partial charge in [-0.25, -0.2) is 0 Å². The molecular weight excluding hydrogens is 190 g/mol. The summed E-state index contributed by atoms with van der Waals surface area (Å²) < 4.78 is 4.86. The third kappa shape index (κ3) is 4.13. The van der Waals surface area contributed by atoms with Crippen molar-refractivity contribution in [3.63, 3.8) is 0 Å². The minimum absolute atomic E-state index is 0.177. The van der Waals surface area contributed by atoms with Gasteiger partial charge in [-0.3, -0.25) is 4.79 Å². The smallest absolute Gasteiger partial charge is 0.310 e. The van der Waals surface area contributed by atoms with Gasteiger partial charge in [0.25, 0.3) is 0 Å². The minimum atomic E-state index is -0.177. The Morgan fingerprint density at radius 3 is 2.40 bits per heavy atom. The van der Waals surface area contributed by atoms with Gasteiger partial charge in [0.05, 0.1) is 13.0 Å². The van der Waals surface area contributed by atoms with Crippen LogP contribution in [0.15, 0.2) is 24.3 Å². The highest BCUT2D eigenvalue weighted by Gasteiger charge is 2.03. The fraction of sp³-hybridized carbons (Fsp3) is 0.417. The van der Waals surface area contributed by atoms with Gasteiger partial charge in [0, 0.05) is 0 Å². The molecule has 0 aromatic heterocycles. The Bertz CT molecular complexity index is 306. The summed E-state index contributed by atoms with van der Waals surface area (Å²) in [4.78, 5) is 11.2. The highest BCUT2D eigenvalue weighted by Crippen LogP contribution is 2.06. The van der Waals surface area contributed by atoms with Gasteiger partial charge in [0.15, 0.2) is 0 Å². The zero-order valence-electron chi connectivity index (χ0n) is 9.03. The van der Waals surface area contributed by atoms with E-state index in [4.69, 9.17) is 10.5 Å². The molecule has 1 aromatic rings. The SMILES string of the molecule is CCOC(=O)Cc1ccc(CCN)cc1. The van der Waals surface area contributed by atoms with E-state index in [1.54, 1.807) is 0 Å². The van der Waals surface area contributed by atoms with E-state index in [0.717, 1.165) is 12.0 Å². The second-order valence-corrected chi connectivity index (χ2v) is 3.34. The summed E-state index contributed by atoms with van der Waals surface area (Å²) in [5.41, 5.74) is 7.62. The number of carbonyl (C=O) groups is 1. The normalized spacial score (nSPS) is 10.0. The fourth-order valence-corrected chi connectivity index (χ4v) is 1.37. The standard InChI is InChI=1S/C12H17NO2/c1-2-15-12(14)9-11-5-3-10(4-6-11)7-8-13/h3-6H,2,7-9,13H2,1H3. The van der Waals surface area contributed by atoms with Gasteiger partial charge in [-0.2, -0.15) is 0 Å². The molecule has 1 aromatic carbocycles. The molecule has 15 heavy (non-hydrogen) atoms. The maximum atomic E-state index is 11.2. The van der Waals surface area contributed by atoms with Crippen molar-refractivity contribution in [2.24, 2.45) is 5.73 Å². The summed E-state index contributed by atoms with van der Waals surface area (Å²) in [5.74, 6) is -0.177. The van der Waals surface area contributed by atoms with E-state index in [9.17, 15) is 4.79 Å². The summed E-state index contributed by atoms with van der Waals surface area (Å²) in [6.45, 7) is 2.89. The summed E-state index contributed by atoms with van der Waals surface area (Å²) in [7, 11) is 0. The van der Waals surface area contributed by atoms with Crippen LogP contribution in [0.25, 0.3) is 0 Å². The third-order valence-electron chi connectivity index (χ3n) is 2.11. The zero-order valence-corrected chi connectivity index (χ0v) is 9.03. The number of ether oxygens (including phenoxy) is 1. The predicted octanol–water partition coefficient (Wildman–Crippen LogP) is 1.29. The van der Waals surface area contributed by atoms with E-state index in [2.05, 4.69) is 0 Å². The predicted molar refractivity (Wildman–Crippen MR) is 59.5 cm³/mol. The van der Waals surface area contributed by atoms with Gasteiger partial charge < -0.3 is 10.5 Å². The fourth-order valence-electron chi connectivity index (χ4n) is 1.37. The Kier molecular flexibility index (Phi) is 4.84. The van der Waals surface area contributed by atoms with E-state index in [0.29, 0.717) is 19.6 Å². The number of hydrogen-bond donors (Lipinski definition) is 1. The molecule has 0 atom stereocenters. The number of hydrogen-bond acceptors (Lipinski definition) is 3. The van der Waals surface area contributed by atoms with Crippen LogP contribution in [-0.2, 0) is 22.4 Å². The first kappa shape index (κ1) is 11.7. The van der Waals surface area contributed by atoms with Crippen molar-refractivity contribution in [3.05, 3.63) is 35.4 Å². The molecule has 0 bridgehead atoms. The molecule has 0 fully saturated rings. The molecule has 0 amide bonds. The van der Waals surface area contributed by atoms with Gasteiger partial charge >= 0.3 is 5.97 Å². The van der Waals surface area contributed by atoms with E-state index in [-0.39, 0.29) is 5.97 Å². The second kappa shape index (κ2) is 6.19. The molecule has 0 aliphatic carbocycles. The molecule has 0 aliphatic rings. The highest BCUT2D eigenvalue weighted by atomic mass is 16.5. The molecule has 1 rings (SSSR count). The van der Waals surface area contributed by atoms with Crippen molar-refractivity contribution in [1.29, 1.82) is 0 Å². The Morgan fingerprint density at radius 1 is 1.27 bits per heavy atom. The summed E-state index contributed by atoms with van der Waals surface area (Å²) in [6.07, 6.45) is 1.22. The lowest BCUT2D eigenvalue weighted by atomic mass is 10.1. The molecule has 0 radical (unpaired) electrons. The molecule has 2 N–H and O–H groups in total. The largest absolute Gasteiger partial charge is 0.466 e. The van der Waals surface area contributed by atoms with Gasteiger partial charge in [0.2, 0.25) is 0 Å². The lowest BCUT2D eigenvalue weighted by Crippen LogP contribution is -2.07. The topological polar surface area (TPSA) is 52.3 Å². The van der Waals surface area contributed by atoms with Crippen LogP contribution in [0, 0.1) is 0 Å². The molecule has 0 heterocycles. The van der Waals surface area contributed by atoms with Crippen LogP contribution < -0.4 is 5.73 Å². The first-order valence-corrected chi connectivity index (χ1v) is 5.19. The van der Waals surface area contributed by atoms with Crippen molar-refractivity contribution in [2.45, 2.75) is 19.8 Å². The molecule has 0 spiro atoms. The third-order valence-corrected chi connectivity index (χ3v) is 2.11. The first-order valence-electron chi connectivity index (χ1n) is 5.19. The van der Waals surface area contributed by atoms with Crippen LogP contribution in [0.2, 0.25) is 0 Å². The van der Waals surface area contributed by atoms with E-state index >= 15 is 0 Å². The zero-order chi connectivity index (χ0) is 11.1. The summed E-state index contributed by atoms with van der Waals surface area (Å²) >= 11 is 0. The molecule has 0 saturated carbocycles. The number of rotatable bonds is 5. The van der Waals surface area contributed by atoms with E-state index in [1.807, 2.05) is 31.2 Å². The maximum absolute atomic E-state index is 11.2. The average Bonchev–Trinajstić information content (AvgIpc) is 2.22. The molecule has 0 aliphatic heterocycles. The van der Waals surface area contributed by atoms with E-state index < -0.39 is 0 Å². The van der Waals surface area contributed by atoms with Crippen LogP contribution in [0.5, 0.6) is 0 Å². The van der Waals surface area contributed by atoms with Crippen molar-refractivity contribution < 1.29 is 9.53 Å². The number of esters is 1. The lowest BCUT2D eigenvalue weighted by molar-refractivity contribution is -0.142. The Hall–Kier alpha value is -1.35. The Labute approximate surface area is 90.2 Å². The lowest BCUT2D eigenvalue weighted by Gasteiger charge is -2.03. The van der Waals surface area contributed by atoms with Crippen LogP contribution in [-0.4, -0.2) is 19.1 Å². The number of nitrogens with two attached hydrogens (primary N) is 1. The average molecular weight is 207 g/mol. The highest BCUT2D eigenvalue weighted by molar-refractivity contribution is 5.72. The Morgan fingerprint density at radius 2 is 1.87 bits per heavy atom. The van der Waals surface area contributed by atoms with Gasteiger partial charge in [-0.05, 0) is 31.0 Å². The number of carbonyl (C=O) groups excluding carboxylic acids is 1. The summed E-state index contributed by atoms with van der Waals surface area (Å²) in [5, 5.41) is 0. The van der Waals surface area contributed by atoms with Crippen molar-refractivity contribution in [2.75, 3.05) is 13.2 Å².